The molecule has 6 nitrogen and oxygen atoms in total. The highest BCUT2D eigenvalue weighted by Crippen LogP contribution is 2.15. The fourth-order valence-corrected chi connectivity index (χ4v) is 4.70. The van der Waals surface area contributed by atoms with Crippen LogP contribution >= 0.6 is 11.3 Å². The van der Waals surface area contributed by atoms with Crippen molar-refractivity contribution in [2.45, 2.75) is 32.6 Å². The summed E-state index contributed by atoms with van der Waals surface area (Å²) < 4.78 is 24.4. The second-order valence-corrected chi connectivity index (χ2v) is 9.50. The lowest BCUT2D eigenvalue weighted by atomic mass is 10.2. The normalized spacial score (nSPS) is 12.2. The summed E-state index contributed by atoms with van der Waals surface area (Å²) in [4.78, 5) is 9.85. The van der Waals surface area contributed by atoms with Gasteiger partial charge in [-0.05, 0) is 25.8 Å². The number of hydrogen-bond acceptors (Lipinski definition) is 5. The minimum absolute atomic E-state index is 0.0869. The molecule has 0 bridgehead atoms. The van der Waals surface area contributed by atoms with Gasteiger partial charge in [0.1, 0.15) is 5.01 Å². The predicted octanol–water partition coefficient (Wildman–Crippen LogP) is 2.43. The number of aromatic nitrogens is 1. The van der Waals surface area contributed by atoms with Crippen molar-refractivity contribution in [3.05, 3.63) is 51.5 Å². The van der Waals surface area contributed by atoms with Crippen LogP contribution in [0.3, 0.4) is 0 Å². The minimum atomic E-state index is -3.11. The van der Waals surface area contributed by atoms with E-state index in [1.807, 2.05) is 37.3 Å². The Labute approximate surface area is 159 Å². The number of rotatable bonds is 8. The van der Waals surface area contributed by atoms with E-state index in [1.54, 1.807) is 18.4 Å². The van der Waals surface area contributed by atoms with Gasteiger partial charge in [-0.15, -0.1) is 11.3 Å². The zero-order chi connectivity index (χ0) is 19.0. The molecule has 0 saturated carbocycles. The molecule has 0 atom stereocenters. The number of thiazole rings is 1. The van der Waals surface area contributed by atoms with Crippen molar-refractivity contribution in [3.8, 4) is 0 Å². The van der Waals surface area contributed by atoms with Crippen LogP contribution in [0.15, 0.2) is 35.3 Å². The molecule has 26 heavy (non-hydrogen) atoms. The first-order valence-electron chi connectivity index (χ1n) is 8.51. The number of benzene rings is 1. The van der Waals surface area contributed by atoms with Crippen molar-refractivity contribution >= 4 is 27.1 Å². The Morgan fingerprint density at radius 1 is 1.19 bits per heavy atom. The molecule has 2 rings (SSSR count). The van der Waals surface area contributed by atoms with E-state index < -0.39 is 9.84 Å². The molecular formula is C18H26N4O2S2. The van der Waals surface area contributed by atoms with Gasteiger partial charge in [-0.1, -0.05) is 30.3 Å². The molecule has 2 N–H and O–H groups in total. The lowest BCUT2D eigenvalue weighted by molar-refractivity contribution is 0.591. The van der Waals surface area contributed by atoms with E-state index in [0.717, 1.165) is 16.3 Å². The lowest BCUT2D eigenvalue weighted by Gasteiger charge is -2.11. The van der Waals surface area contributed by atoms with E-state index in [4.69, 9.17) is 0 Å². The Morgan fingerprint density at radius 2 is 1.92 bits per heavy atom. The first-order valence-corrected chi connectivity index (χ1v) is 11.1. The molecule has 0 spiro atoms. The number of hydrogen-bond donors (Lipinski definition) is 2. The summed E-state index contributed by atoms with van der Waals surface area (Å²) in [7, 11) is -1.41. The third-order valence-corrected chi connectivity index (χ3v) is 6.61. The van der Waals surface area contributed by atoms with Crippen LogP contribution in [-0.2, 0) is 22.1 Å². The zero-order valence-corrected chi connectivity index (χ0v) is 17.1. The maximum absolute atomic E-state index is 12.2. The molecule has 1 heterocycles. The Balaban J connectivity index is 1.71. The van der Waals surface area contributed by atoms with Gasteiger partial charge in [-0.25, -0.2) is 13.4 Å². The van der Waals surface area contributed by atoms with Crippen LogP contribution in [-0.4, -0.2) is 38.7 Å². The Kier molecular flexibility index (Phi) is 7.59. The zero-order valence-electron chi connectivity index (χ0n) is 15.4. The lowest BCUT2D eigenvalue weighted by Crippen LogP contribution is -2.37. The second-order valence-electron chi connectivity index (χ2n) is 6.03. The first-order chi connectivity index (χ1) is 12.4. The molecule has 8 heteroatoms. The third-order valence-electron chi connectivity index (χ3n) is 3.86. The quantitative estimate of drug-likeness (QED) is 0.408. The van der Waals surface area contributed by atoms with Crippen molar-refractivity contribution in [2.24, 2.45) is 4.99 Å². The maximum Gasteiger partial charge on any atom is 0.191 e. The molecule has 142 valence electrons. The van der Waals surface area contributed by atoms with E-state index in [1.165, 1.54) is 4.88 Å². The van der Waals surface area contributed by atoms with Crippen molar-refractivity contribution in [1.29, 1.82) is 0 Å². The second kappa shape index (κ2) is 9.68. The van der Waals surface area contributed by atoms with Crippen LogP contribution in [0, 0.1) is 13.8 Å². The van der Waals surface area contributed by atoms with Crippen molar-refractivity contribution in [2.75, 3.05) is 19.3 Å². The van der Waals surface area contributed by atoms with Crippen LogP contribution in [0.2, 0.25) is 0 Å². The van der Waals surface area contributed by atoms with E-state index in [9.17, 15) is 8.42 Å². The fraction of sp³-hybridized carbons (Fsp3) is 0.444. The van der Waals surface area contributed by atoms with Gasteiger partial charge in [0.2, 0.25) is 0 Å². The molecule has 0 amide bonds. The van der Waals surface area contributed by atoms with E-state index in [-0.39, 0.29) is 11.5 Å². The Bertz CT molecular complexity index is 811. The number of aryl methyl sites for hydroxylation is 2. The van der Waals surface area contributed by atoms with Crippen molar-refractivity contribution < 1.29 is 8.42 Å². The van der Waals surface area contributed by atoms with Gasteiger partial charge >= 0.3 is 0 Å². The highest BCUT2D eigenvalue weighted by Gasteiger charge is 2.11. The van der Waals surface area contributed by atoms with Gasteiger partial charge in [-0.2, -0.15) is 0 Å². The largest absolute Gasteiger partial charge is 0.356 e. The molecule has 0 unspecified atom stereocenters. The van der Waals surface area contributed by atoms with Crippen LogP contribution in [0.25, 0.3) is 0 Å². The summed E-state index contributed by atoms with van der Waals surface area (Å²) in [5.74, 6) is 0.885. The average molecular weight is 395 g/mol. The van der Waals surface area contributed by atoms with Crippen molar-refractivity contribution in [1.82, 2.24) is 15.6 Å². The minimum Gasteiger partial charge on any atom is -0.356 e. The van der Waals surface area contributed by atoms with E-state index in [2.05, 4.69) is 27.5 Å². The molecule has 0 saturated heterocycles. The predicted molar refractivity (Wildman–Crippen MR) is 108 cm³/mol. The van der Waals surface area contributed by atoms with Gasteiger partial charge in [0.15, 0.2) is 15.8 Å². The summed E-state index contributed by atoms with van der Waals surface area (Å²) in [6.07, 6.45) is 0.533. The molecule has 0 aliphatic carbocycles. The summed E-state index contributed by atoms with van der Waals surface area (Å²) in [5, 5.41) is 7.36. The average Bonchev–Trinajstić information content (AvgIpc) is 2.92. The number of nitrogens with zero attached hydrogens (tertiary/aromatic N) is 2. The van der Waals surface area contributed by atoms with Gasteiger partial charge in [-0.3, -0.25) is 4.99 Å². The molecular weight excluding hydrogens is 368 g/mol. The SMILES string of the molecule is CN=C(NCCCS(=O)(=O)Cc1ccccc1)NCc1nc(C)c(C)s1. The topological polar surface area (TPSA) is 83.5 Å². The number of nitrogens with one attached hydrogen (secondary N) is 2. The van der Waals surface area contributed by atoms with Gasteiger partial charge < -0.3 is 10.6 Å². The smallest absolute Gasteiger partial charge is 0.191 e. The molecule has 0 aliphatic rings. The Morgan fingerprint density at radius 3 is 2.54 bits per heavy atom. The van der Waals surface area contributed by atoms with Crippen LogP contribution in [0.4, 0.5) is 0 Å². The van der Waals surface area contributed by atoms with Crippen LogP contribution in [0.5, 0.6) is 0 Å². The molecule has 0 aliphatic heterocycles. The van der Waals surface area contributed by atoms with Gasteiger partial charge in [0.25, 0.3) is 0 Å². The van der Waals surface area contributed by atoms with E-state index >= 15 is 0 Å². The van der Waals surface area contributed by atoms with E-state index in [0.29, 0.717) is 25.5 Å². The fourth-order valence-electron chi connectivity index (χ4n) is 2.39. The van der Waals surface area contributed by atoms with Crippen LogP contribution < -0.4 is 10.6 Å². The molecule has 2 aromatic rings. The van der Waals surface area contributed by atoms with Crippen molar-refractivity contribution in [3.63, 3.8) is 0 Å². The van der Waals surface area contributed by atoms with Crippen LogP contribution in [0.1, 0.15) is 27.6 Å². The maximum atomic E-state index is 12.2. The number of sulfone groups is 1. The van der Waals surface area contributed by atoms with Gasteiger partial charge in [0, 0.05) is 18.5 Å². The van der Waals surface area contributed by atoms with Gasteiger partial charge in [0.05, 0.1) is 23.7 Å². The molecule has 0 radical (unpaired) electrons. The third kappa shape index (κ3) is 6.76. The highest BCUT2D eigenvalue weighted by atomic mass is 32.2. The number of guanidine groups is 1. The summed E-state index contributed by atoms with van der Waals surface area (Å²) >= 11 is 1.66. The highest BCUT2D eigenvalue weighted by molar-refractivity contribution is 7.90. The summed E-state index contributed by atoms with van der Waals surface area (Å²) in [6, 6.07) is 9.27. The monoisotopic (exact) mass is 394 g/mol. The first kappa shape index (κ1) is 20.4. The standard InChI is InChI=1S/C18H26N4O2S2/c1-14-15(2)25-17(22-14)12-21-18(19-3)20-10-7-11-26(23,24)13-16-8-5-4-6-9-16/h4-6,8-9H,7,10-13H2,1-3H3,(H2,19,20,21). The summed E-state index contributed by atoms with van der Waals surface area (Å²) in [5.41, 5.74) is 1.88. The summed E-state index contributed by atoms with van der Waals surface area (Å²) in [6.45, 7) is 5.20. The molecule has 1 aromatic carbocycles. The number of aliphatic imine (C=N–C) groups is 1. The Hall–Kier alpha value is -1.93. The molecule has 0 fully saturated rings. The molecule has 1 aromatic heterocycles.